The number of hydrogen-bond donors (Lipinski definition) is 0. The minimum atomic E-state index is -4.50. The number of nitrogens with zero attached hydrogens (tertiary/aromatic N) is 3. The average Bonchev–Trinajstić information content (AvgIpc) is 2.69. The first kappa shape index (κ1) is 13.4. The van der Waals surface area contributed by atoms with Gasteiger partial charge in [0.25, 0.3) is 0 Å². The van der Waals surface area contributed by atoms with Crippen molar-refractivity contribution in [1.82, 2.24) is 14.8 Å². The second-order valence-electron chi connectivity index (χ2n) is 4.02. The Hall–Kier alpha value is -2.05. The fourth-order valence-electron chi connectivity index (χ4n) is 1.67. The second kappa shape index (κ2) is 4.91. The van der Waals surface area contributed by atoms with Crippen LogP contribution in [-0.4, -0.2) is 14.8 Å². The molecule has 0 unspecified atom stereocenters. The minimum Gasteiger partial charge on any atom is -0.485 e. The van der Waals surface area contributed by atoms with Crippen LogP contribution in [0.1, 0.15) is 17.0 Å². The lowest BCUT2D eigenvalue weighted by Gasteiger charge is -2.11. The average molecular weight is 271 g/mol. The lowest BCUT2D eigenvalue weighted by Crippen LogP contribution is -2.13. The van der Waals surface area contributed by atoms with E-state index in [-0.39, 0.29) is 12.4 Å². The quantitative estimate of drug-likeness (QED) is 0.861. The summed E-state index contributed by atoms with van der Waals surface area (Å²) in [5, 5.41) is 3.57. The van der Waals surface area contributed by atoms with Gasteiger partial charge in [0, 0.05) is 24.5 Å². The van der Waals surface area contributed by atoms with E-state index >= 15 is 0 Å². The molecule has 0 bridgehead atoms. The molecule has 0 spiro atoms. The maximum absolute atomic E-state index is 12.8. The zero-order valence-corrected chi connectivity index (χ0v) is 10.4. The molecule has 0 aromatic carbocycles. The second-order valence-corrected chi connectivity index (χ2v) is 4.02. The maximum Gasteiger partial charge on any atom is 0.436 e. The molecule has 0 saturated heterocycles. The molecule has 0 radical (unpaired) electrons. The zero-order chi connectivity index (χ0) is 14.0. The Bertz CT molecular complexity index is 578. The molecular formula is C12H12F3N3O. The predicted molar refractivity (Wildman–Crippen MR) is 61.5 cm³/mol. The van der Waals surface area contributed by atoms with Crippen LogP contribution in [-0.2, 0) is 19.8 Å². The highest BCUT2D eigenvalue weighted by Crippen LogP contribution is 2.35. The number of alkyl halides is 3. The molecule has 0 aliphatic heterocycles. The van der Waals surface area contributed by atoms with Crippen molar-refractivity contribution >= 4 is 0 Å². The summed E-state index contributed by atoms with van der Waals surface area (Å²) >= 11 is 0. The summed E-state index contributed by atoms with van der Waals surface area (Å²) in [4.78, 5) is 4.04. The summed E-state index contributed by atoms with van der Waals surface area (Å²) in [6.45, 7) is 1.79. The Kier molecular flexibility index (Phi) is 3.46. The topological polar surface area (TPSA) is 39.9 Å². The van der Waals surface area contributed by atoms with E-state index in [0.29, 0.717) is 0 Å². The lowest BCUT2D eigenvalue weighted by molar-refractivity contribution is -0.145. The van der Waals surface area contributed by atoms with Crippen LogP contribution in [0.4, 0.5) is 13.2 Å². The van der Waals surface area contributed by atoms with E-state index in [1.165, 1.54) is 7.05 Å². The van der Waals surface area contributed by atoms with Gasteiger partial charge in [0.05, 0.1) is 6.20 Å². The summed E-state index contributed by atoms with van der Waals surface area (Å²) in [6, 6.07) is 3.46. The summed E-state index contributed by atoms with van der Waals surface area (Å²) in [7, 11) is 1.23. The van der Waals surface area contributed by atoms with E-state index in [1.54, 1.807) is 25.3 Å². The molecule has 0 atom stereocenters. The van der Waals surface area contributed by atoms with E-state index in [9.17, 15) is 13.2 Å². The first-order valence-electron chi connectivity index (χ1n) is 5.52. The highest BCUT2D eigenvalue weighted by atomic mass is 19.4. The van der Waals surface area contributed by atoms with Crippen LogP contribution >= 0.6 is 0 Å². The van der Waals surface area contributed by atoms with Gasteiger partial charge in [0.15, 0.2) is 11.4 Å². The van der Waals surface area contributed by atoms with E-state index < -0.39 is 11.9 Å². The van der Waals surface area contributed by atoms with Gasteiger partial charge in [-0.25, -0.2) is 0 Å². The normalized spacial score (nSPS) is 11.6. The van der Waals surface area contributed by atoms with Crippen LogP contribution in [0.5, 0.6) is 5.75 Å². The van der Waals surface area contributed by atoms with Crippen LogP contribution in [0.25, 0.3) is 0 Å². The van der Waals surface area contributed by atoms with Gasteiger partial charge in [-0.3, -0.25) is 9.67 Å². The van der Waals surface area contributed by atoms with E-state index in [4.69, 9.17) is 4.74 Å². The van der Waals surface area contributed by atoms with E-state index in [0.717, 1.165) is 22.1 Å². The number of aryl methyl sites for hydroxylation is 2. The third-order valence-electron chi connectivity index (χ3n) is 2.67. The summed E-state index contributed by atoms with van der Waals surface area (Å²) in [5.41, 5.74) is 0.563. The molecule has 4 nitrogen and oxygen atoms in total. The van der Waals surface area contributed by atoms with Crippen molar-refractivity contribution in [1.29, 1.82) is 0 Å². The van der Waals surface area contributed by atoms with Crippen molar-refractivity contribution in [2.45, 2.75) is 19.7 Å². The van der Waals surface area contributed by atoms with Crippen molar-refractivity contribution in [2.24, 2.45) is 7.05 Å². The number of halogens is 3. The monoisotopic (exact) mass is 271 g/mol. The Morgan fingerprint density at radius 2 is 2.11 bits per heavy atom. The van der Waals surface area contributed by atoms with Crippen molar-refractivity contribution < 1.29 is 17.9 Å². The van der Waals surface area contributed by atoms with Crippen molar-refractivity contribution in [2.75, 3.05) is 0 Å². The first-order chi connectivity index (χ1) is 8.89. The number of hydrogen-bond acceptors (Lipinski definition) is 3. The lowest BCUT2D eigenvalue weighted by atomic mass is 10.2. The molecule has 2 rings (SSSR count). The van der Waals surface area contributed by atoms with Crippen LogP contribution < -0.4 is 4.74 Å². The number of aromatic nitrogens is 3. The van der Waals surface area contributed by atoms with Gasteiger partial charge in [-0.15, -0.1) is 0 Å². The molecular weight excluding hydrogens is 259 g/mol. The van der Waals surface area contributed by atoms with Crippen molar-refractivity contribution in [3.63, 3.8) is 0 Å². The van der Waals surface area contributed by atoms with Crippen LogP contribution in [0.3, 0.4) is 0 Å². The summed E-state index contributed by atoms with van der Waals surface area (Å²) < 4.78 is 44.3. The predicted octanol–water partition coefficient (Wildman–Crippen LogP) is 2.72. The van der Waals surface area contributed by atoms with Crippen molar-refractivity contribution in [3.8, 4) is 5.75 Å². The van der Waals surface area contributed by atoms with Gasteiger partial charge >= 0.3 is 6.18 Å². The maximum atomic E-state index is 12.8. The van der Waals surface area contributed by atoms with Gasteiger partial charge in [-0.05, 0) is 13.0 Å². The molecule has 0 fully saturated rings. The van der Waals surface area contributed by atoms with Gasteiger partial charge in [0.2, 0.25) is 0 Å². The Morgan fingerprint density at radius 1 is 1.37 bits per heavy atom. The Labute approximate surface area is 107 Å². The van der Waals surface area contributed by atoms with Crippen LogP contribution in [0.15, 0.2) is 24.5 Å². The fraction of sp³-hybridized carbons (Fsp3) is 0.333. The largest absolute Gasteiger partial charge is 0.485 e. The smallest absolute Gasteiger partial charge is 0.436 e. The van der Waals surface area contributed by atoms with Gasteiger partial charge in [-0.2, -0.15) is 18.3 Å². The molecule has 0 amide bonds. The molecule has 7 heteroatoms. The minimum absolute atomic E-state index is 0.0223. The highest BCUT2D eigenvalue weighted by molar-refractivity contribution is 5.28. The standard InChI is InChI=1S/C12H12F3N3O/c1-8-9(4-3-5-16-8)7-19-10-6-17-18(2)11(10)12(13,14)15/h3-6H,7H2,1-2H3. The first-order valence-corrected chi connectivity index (χ1v) is 5.52. The molecule has 0 aliphatic rings. The summed E-state index contributed by atoms with van der Waals surface area (Å²) in [6.07, 6.45) is -1.82. The van der Waals surface area contributed by atoms with Crippen LogP contribution in [0, 0.1) is 6.92 Å². The van der Waals surface area contributed by atoms with Crippen molar-refractivity contribution in [3.05, 3.63) is 41.5 Å². The highest BCUT2D eigenvalue weighted by Gasteiger charge is 2.38. The molecule has 0 saturated carbocycles. The number of ether oxygens (including phenoxy) is 1. The summed E-state index contributed by atoms with van der Waals surface area (Å²) in [5.74, 6) is -0.279. The molecule has 0 N–H and O–H groups in total. The zero-order valence-electron chi connectivity index (χ0n) is 10.4. The third-order valence-corrected chi connectivity index (χ3v) is 2.67. The molecule has 2 aromatic heterocycles. The van der Waals surface area contributed by atoms with Gasteiger partial charge in [0.1, 0.15) is 6.61 Å². The molecule has 2 aromatic rings. The third kappa shape index (κ3) is 2.86. The molecule has 102 valence electrons. The Morgan fingerprint density at radius 3 is 2.74 bits per heavy atom. The number of rotatable bonds is 3. The number of pyridine rings is 1. The molecule has 19 heavy (non-hydrogen) atoms. The molecule has 0 aliphatic carbocycles. The van der Waals surface area contributed by atoms with Gasteiger partial charge < -0.3 is 4.74 Å². The Balaban J connectivity index is 2.19. The molecule has 2 heterocycles. The SMILES string of the molecule is Cc1ncccc1COc1cnn(C)c1C(F)(F)F. The van der Waals surface area contributed by atoms with E-state index in [2.05, 4.69) is 10.1 Å². The van der Waals surface area contributed by atoms with Gasteiger partial charge in [-0.1, -0.05) is 6.07 Å². The van der Waals surface area contributed by atoms with Crippen LogP contribution in [0.2, 0.25) is 0 Å². The fourth-order valence-corrected chi connectivity index (χ4v) is 1.67. The van der Waals surface area contributed by atoms with E-state index in [1.807, 2.05) is 0 Å².